The molecule has 0 amide bonds. The van der Waals surface area contributed by atoms with Crippen LogP contribution in [0.5, 0.6) is 0 Å². The Morgan fingerprint density at radius 1 is 1.24 bits per heavy atom. The lowest BCUT2D eigenvalue weighted by Crippen LogP contribution is -2.08. The van der Waals surface area contributed by atoms with E-state index in [4.69, 9.17) is 4.74 Å². The highest BCUT2D eigenvalue weighted by atomic mass is 79.9. The lowest BCUT2D eigenvalue weighted by Gasteiger charge is -2.10. The minimum atomic E-state index is 0.580. The van der Waals surface area contributed by atoms with Crippen LogP contribution in [-0.4, -0.2) is 30.2 Å². The van der Waals surface area contributed by atoms with Gasteiger partial charge in [-0.25, -0.2) is 4.98 Å². The summed E-state index contributed by atoms with van der Waals surface area (Å²) in [5.74, 6) is 1.39. The molecule has 2 N–H and O–H groups in total. The number of aryl methyl sites for hydroxylation is 1. The van der Waals surface area contributed by atoms with Crippen LogP contribution in [0.3, 0.4) is 0 Å². The van der Waals surface area contributed by atoms with Crippen molar-refractivity contribution in [3.8, 4) is 0 Å². The van der Waals surface area contributed by atoms with E-state index < -0.39 is 0 Å². The highest BCUT2D eigenvalue weighted by molar-refractivity contribution is 9.10. The van der Waals surface area contributed by atoms with E-state index in [9.17, 15) is 0 Å². The van der Waals surface area contributed by atoms with Crippen molar-refractivity contribution in [2.75, 3.05) is 30.9 Å². The third kappa shape index (κ3) is 4.99. The molecule has 21 heavy (non-hydrogen) atoms. The first kappa shape index (κ1) is 15.7. The van der Waals surface area contributed by atoms with Crippen LogP contribution in [0.15, 0.2) is 34.8 Å². The number of nitrogens with zero attached hydrogens (tertiary/aromatic N) is 2. The van der Waals surface area contributed by atoms with Crippen LogP contribution in [0.25, 0.3) is 0 Å². The Balaban J connectivity index is 2.06. The molecular weight excluding hydrogens is 332 g/mol. The molecule has 0 radical (unpaired) electrons. The number of hydrogen-bond donors (Lipinski definition) is 2. The largest absolute Gasteiger partial charge is 0.385 e. The van der Waals surface area contributed by atoms with E-state index in [-0.39, 0.29) is 0 Å². The van der Waals surface area contributed by atoms with Crippen LogP contribution in [0.2, 0.25) is 0 Å². The Labute approximate surface area is 133 Å². The standard InChI is InChI=1S/C15H19BrN4O/c1-11-10-14(17-8-5-9-21-2)20-15(18-11)19-13-7-4-3-6-12(13)16/h3-4,6-7,10H,5,8-9H2,1-2H3,(H2,17,18,19,20). The Kier molecular flexibility index (Phi) is 5.95. The number of ether oxygens (including phenoxy) is 1. The number of benzene rings is 1. The van der Waals surface area contributed by atoms with Crippen LogP contribution < -0.4 is 10.6 Å². The number of methoxy groups -OCH3 is 1. The van der Waals surface area contributed by atoms with E-state index in [0.29, 0.717) is 5.95 Å². The van der Waals surface area contributed by atoms with Gasteiger partial charge in [0.1, 0.15) is 5.82 Å². The predicted molar refractivity (Wildman–Crippen MR) is 89.2 cm³/mol. The van der Waals surface area contributed by atoms with Crippen molar-refractivity contribution in [1.82, 2.24) is 9.97 Å². The number of aromatic nitrogens is 2. The van der Waals surface area contributed by atoms with Gasteiger partial charge in [-0.3, -0.25) is 0 Å². The number of nitrogens with one attached hydrogen (secondary N) is 2. The lowest BCUT2D eigenvalue weighted by molar-refractivity contribution is 0.198. The molecule has 0 saturated heterocycles. The molecule has 2 rings (SSSR count). The van der Waals surface area contributed by atoms with E-state index >= 15 is 0 Å². The molecule has 0 saturated carbocycles. The second kappa shape index (κ2) is 7.95. The fourth-order valence-electron chi connectivity index (χ4n) is 1.83. The van der Waals surface area contributed by atoms with Crippen LogP contribution in [0.4, 0.5) is 17.5 Å². The molecule has 0 unspecified atom stereocenters. The summed E-state index contributed by atoms with van der Waals surface area (Å²) < 4.78 is 6.01. The van der Waals surface area contributed by atoms with Gasteiger partial charge in [-0.05, 0) is 41.4 Å². The number of rotatable bonds is 7. The Hall–Kier alpha value is -1.66. The van der Waals surface area contributed by atoms with E-state index in [0.717, 1.165) is 41.2 Å². The van der Waals surface area contributed by atoms with Crippen LogP contribution in [0.1, 0.15) is 12.1 Å². The molecule has 0 aliphatic heterocycles. The first-order valence-corrected chi connectivity index (χ1v) is 7.58. The Bertz CT molecular complexity index is 592. The normalized spacial score (nSPS) is 10.4. The molecule has 1 aromatic heterocycles. The number of para-hydroxylation sites is 1. The van der Waals surface area contributed by atoms with Crippen LogP contribution >= 0.6 is 15.9 Å². The smallest absolute Gasteiger partial charge is 0.229 e. The van der Waals surface area contributed by atoms with Crippen molar-refractivity contribution >= 4 is 33.4 Å². The molecular formula is C15H19BrN4O. The van der Waals surface area contributed by atoms with Gasteiger partial charge in [-0.15, -0.1) is 0 Å². The van der Waals surface area contributed by atoms with Gasteiger partial charge in [-0.1, -0.05) is 12.1 Å². The first-order chi connectivity index (χ1) is 10.2. The molecule has 0 spiro atoms. The predicted octanol–water partition coefficient (Wildman–Crippen LogP) is 3.74. The van der Waals surface area contributed by atoms with E-state index in [2.05, 4.69) is 36.5 Å². The summed E-state index contributed by atoms with van der Waals surface area (Å²) in [6.45, 7) is 3.51. The maximum Gasteiger partial charge on any atom is 0.229 e. The molecule has 0 fully saturated rings. The fraction of sp³-hybridized carbons (Fsp3) is 0.333. The molecule has 2 aromatic rings. The highest BCUT2D eigenvalue weighted by Gasteiger charge is 2.04. The minimum Gasteiger partial charge on any atom is -0.385 e. The van der Waals surface area contributed by atoms with Crippen molar-refractivity contribution < 1.29 is 4.74 Å². The van der Waals surface area contributed by atoms with E-state index in [1.807, 2.05) is 37.3 Å². The molecule has 6 heteroatoms. The molecule has 112 valence electrons. The molecule has 0 aliphatic carbocycles. The molecule has 1 aromatic carbocycles. The van der Waals surface area contributed by atoms with Gasteiger partial charge < -0.3 is 15.4 Å². The SMILES string of the molecule is COCCCNc1cc(C)nc(Nc2ccccc2Br)n1. The first-order valence-electron chi connectivity index (χ1n) is 6.79. The zero-order valence-corrected chi connectivity index (χ0v) is 13.8. The summed E-state index contributed by atoms with van der Waals surface area (Å²) in [5, 5.41) is 6.50. The highest BCUT2D eigenvalue weighted by Crippen LogP contribution is 2.24. The number of hydrogen-bond acceptors (Lipinski definition) is 5. The van der Waals surface area contributed by atoms with E-state index in [1.54, 1.807) is 7.11 Å². The summed E-state index contributed by atoms with van der Waals surface area (Å²) in [7, 11) is 1.70. The fourth-order valence-corrected chi connectivity index (χ4v) is 2.21. The molecule has 0 atom stereocenters. The average molecular weight is 351 g/mol. The Morgan fingerprint density at radius 3 is 2.81 bits per heavy atom. The average Bonchev–Trinajstić information content (AvgIpc) is 2.46. The van der Waals surface area contributed by atoms with Gasteiger partial charge in [0, 0.05) is 36.5 Å². The van der Waals surface area contributed by atoms with Crippen molar-refractivity contribution in [1.29, 1.82) is 0 Å². The van der Waals surface area contributed by atoms with Crippen molar-refractivity contribution in [3.05, 3.63) is 40.5 Å². The van der Waals surface area contributed by atoms with Crippen LogP contribution in [0, 0.1) is 6.92 Å². The summed E-state index contributed by atoms with van der Waals surface area (Å²) in [4.78, 5) is 8.88. The van der Waals surface area contributed by atoms with Gasteiger partial charge in [0.25, 0.3) is 0 Å². The quantitative estimate of drug-likeness (QED) is 0.745. The second-order valence-electron chi connectivity index (χ2n) is 4.60. The van der Waals surface area contributed by atoms with Crippen molar-refractivity contribution in [2.45, 2.75) is 13.3 Å². The Morgan fingerprint density at radius 2 is 2.05 bits per heavy atom. The van der Waals surface area contributed by atoms with Crippen molar-refractivity contribution in [3.63, 3.8) is 0 Å². The zero-order chi connectivity index (χ0) is 15.1. The zero-order valence-electron chi connectivity index (χ0n) is 12.2. The van der Waals surface area contributed by atoms with Gasteiger partial charge in [0.2, 0.25) is 5.95 Å². The van der Waals surface area contributed by atoms with Gasteiger partial charge in [-0.2, -0.15) is 4.98 Å². The second-order valence-corrected chi connectivity index (χ2v) is 5.45. The lowest BCUT2D eigenvalue weighted by atomic mass is 10.3. The maximum atomic E-state index is 5.03. The summed E-state index contributed by atoms with van der Waals surface area (Å²) >= 11 is 3.50. The van der Waals surface area contributed by atoms with E-state index in [1.165, 1.54) is 0 Å². The maximum absolute atomic E-state index is 5.03. The van der Waals surface area contributed by atoms with Gasteiger partial charge in [0.15, 0.2) is 0 Å². The van der Waals surface area contributed by atoms with Crippen molar-refractivity contribution in [2.24, 2.45) is 0 Å². The topological polar surface area (TPSA) is 59.1 Å². The molecule has 5 nitrogen and oxygen atoms in total. The third-order valence-corrected chi connectivity index (χ3v) is 3.50. The summed E-state index contributed by atoms with van der Waals surface area (Å²) in [5.41, 5.74) is 1.85. The number of anilines is 3. The van der Waals surface area contributed by atoms with Gasteiger partial charge >= 0.3 is 0 Å². The summed E-state index contributed by atoms with van der Waals surface area (Å²) in [6.07, 6.45) is 0.937. The monoisotopic (exact) mass is 350 g/mol. The van der Waals surface area contributed by atoms with Gasteiger partial charge in [0.05, 0.1) is 5.69 Å². The van der Waals surface area contributed by atoms with Crippen LogP contribution in [-0.2, 0) is 4.74 Å². The molecule has 0 aliphatic rings. The minimum absolute atomic E-state index is 0.580. The summed E-state index contributed by atoms with van der Waals surface area (Å²) in [6, 6.07) is 9.81. The molecule has 0 bridgehead atoms. The molecule has 1 heterocycles. The third-order valence-electron chi connectivity index (χ3n) is 2.81. The number of halogens is 1.